The molecule has 0 unspecified atom stereocenters. The Morgan fingerprint density at radius 3 is 2.67 bits per heavy atom. The number of halogens is 1. The van der Waals surface area contributed by atoms with Gasteiger partial charge in [0, 0.05) is 47.5 Å². The highest BCUT2D eigenvalue weighted by Gasteiger charge is 2.23. The third-order valence-electron chi connectivity index (χ3n) is 3.04. The number of hydrogen-bond donors (Lipinski definition) is 1. The van der Waals surface area contributed by atoms with Gasteiger partial charge < -0.3 is 10.0 Å². The standard InChI is InChI=1S/C12H17BrN2O2S/c1-9(16)12(17)15-4-2-14(3-5-15)7-11-6-10(13)8-18-11/h6,8-9,16H,2-5,7H2,1H3/t9-/m1/s1. The number of nitrogens with zero attached hydrogens (tertiary/aromatic N) is 2. The summed E-state index contributed by atoms with van der Waals surface area (Å²) in [5.41, 5.74) is 0. The van der Waals surface area contributed by atoms with Gasteiger partial charge in [0.2, 0.25) is 0 Å². The molecule has 4 nitrogen and oxygen atoms in total. The lowest BCUT2D eigenvalue weighted by Gasteiger charge is -2.35. The summed E-state index contributed by atoms with van der Waals surface area (Å²) >= 11 is 5.20. The molecule has 6 heteroatoms. The number of carbonyl (C=O) groups excluding carboxylic acids is 1. The van der Waals surface area contributed by atoms with Crippen LogP contribution in [0.5, 0.6) is 0 Å². The van der Waals surface area contributed by atoms with Crippen LogP contribution < -0.4 is 0 Å². The average molecular weight is 333 g/mol. The van der Waals surface area contributed by atoms with E-state index in [1.165, 1.54) is 11.8 Å². The van der Waals surface area contributed by atoms with Gasteiger partial charge in [-0.15, -0.1) is 11.3 Å². The highest BCUT2D eigenvalue weighted by atomic mass is 79.9. The number of piperazine rings is 1. The maximum absolute atomic E-state index is 11.6. The molecule has 2 heterocycles. The van der Waals surface area contributed by atoms with E-state index in [1.54, 1.807) is 16.2 Å². The molecular formula is C12H17BrN2O2S. The number of aliphatic hydroxyl groups is 1. The van der Waals surface area contributed by atoms with Crippen LogP contribution in [0.2, 0.25) is 0 Å². The molecule has 1 saturated heterocycles. The Hall–Kier alpha value is -0.430. The summed E-state index contributed by atoms with van der Waals surface area (Å²) in [5, 5.41) is 11.4. The lowest BCUT2D eigenvalue weighted by Crippen LogP contribution is -2.50. The number of amides is 1. The third kappa shape index (κ3) is 3.54. The summed E-state index contributed by atoms with van der Waals surface area (Å²) in [6, 6.07) is 2.14. The minimum absolute atomic E-state index is 0.159. The van der Waals surface area contributed by atoms with Crippen molar-refractivity contribution in [3.05, 3.63) is 20.8 Å². The fourth-order valence-electron chi connectivity index (χ4n) is 2.05. The van der Waals surface area contributed by atoms with Crippen LogP contribution in [0.15, 0.2) is 15.9 Å². The molecule has 1 aromatic rings. The van der Waals surface area contributed by atoms with Gasteiger partial charge in [-0.05, 0) is 28.9 Å². The fourth-order valence-corrected chi connectivity index (χ4v) is 3.54. The first-order chi connectivity index (χ1) is 8.56. The largest absolute Gasteiger partial charge is 0.384 e. The molecule has 0 spiro atoms. The SMILES string of the molecule is C[C@@H](O)C(=O)N1CCN(Cc2cc(Br)cs2)CC1. The van der Waals surface area contributed by atoms with Crippen molar-refractivity contribution in [1.29, 1.82) is 0 Å². The zero-order chi connectivity index (χ0) is 13.1. The average Bonchev–Trinajstić information content (AvgIpc) is 2.75. The first kappa shape index (κ1) is 14.0. The van der Waals surface area contributed by atoms with Gasteiger partial charge in [-0.25, -0.2) is 0 Å². The molecule has 100 valence electrons. The van der Waals surface area contributed by atoms with E-state index in [9.17, 15) is 9.90 Å². The minimum atomic E-state index is -0.884. The van der Waals surface area contributed by atoms with Gasteiger partial charge in [-0.3, -0.25) is 9.69 Å². The van der Waals surface area contributed by atoms with Crippen molar-refractivity contribution in [2.45, 2.75) is 19.6 Å². The molecule has 1 N–H and O–H groups in total. The van der Waals surface area contributed by atoms with Gasteiger partial charge in [0.1, 0.15) is 6.10 Å². The number of aliphatic hydroxyl groups excluding tert-OH is 1. The van der Waals surface area contributed by atoms with E-state index in [2.05, 4.69) is 32.3 Å². The van der Waals surface area contributed by atoms with E-state index in [-0.39, 0.29) is 5.91 Å². The second kappa shape index (κ2) is 6.14. The second-order valence-corrected chi connectivity index (χ2v) is 6.42. The van der Waals surface area contributed by atoms with Crippen LogP contribution in [0.3, 0.4) is 0 Å². The Labute approximate surface area is 119 Å². The lowest BCUT2D eigenvalue weighted by molar-refractivity contribution is -0.141. The maximum Gasteiger partial charge on any atom is 0.251 e. The Morgan fingerprint density at radius 1 is 1.50 bits per heavy atom. The van der Waals surface area contributed by atoms with E-state index in [0.717, 1.165) is 24.1 Å². The summed E-state index contributed by atoms with van der Waals surface area (Å²) in [6.07, 6.45) is -0.884. The van der Waals surface area contributed by atoms with E-state index >= 15 is 0 Å². The molecule has 2 rings (SSSR count). The molecule has 0 radical (unpaired) electrons. The summed E-state index contributed by atoms with van der Waals surface area (Å²) in [4.78, 5) is 17.0. The Bertz CT molecular complexity index is 414. The van der Waals surface area contributed by atoms with Crippen LogP contribution in [0.1, 0.15) is 11.8 Å². The van der Waals surface area contributed by atoms with Crippen LogP contribution in [0.4, 0.5) is 0 Å². The molecule has 18 heavy (non-hydrogen) atoms. The number of thiophene rings is 1. The minimum Gasteiger partial charge on any atom is -0.384 e. The molecule has 0 bridgehead atoms. The van der Waals surface area contributed by atoms with E-state index in [4.69, 9.17) is 0 Å². The monoisotopic (exact) mass is 332 g/mol. The molecule has 0 saturated carbocycles. The molecule has 1 fully saturated rings. The maximum atomic E-state index is 11.6. The van der Waals surface area contributed by atoms with Crippen LogP contribution in [0.25, 0.3) is 0 Å². The van der Waals surface area contributed by atoms with Crippen molar-refractivity contribution in [3.8, 4) is 0 Å². The van der Waals surface area contributed by atoms with Gasteiger partial charge in [0.25, 0.3) is 5.91 Å². The summed E-state index contributed by atoms with van der Waals surface area (Å²) in [7, 11) is 0. The molecule has 0 aliphatic carbocycles. The fraction of sp³-hybridized carbons (Fsp3) is 0.583. The first-order valence-electron chi connectivity index (χ1n) is 5.98. The van der Waals surface area contributed by atoms with Crippen LogP contribution in [0, 0.1) is 0 Å². The van der Waals surface area contributed by atoms with E-state index < -0.39 is 6.10 Å². The van der Waals surface area contributed by atoms with E-state index in [0.29, 0.717) is 13.1 Å². The normalized spacial score (nSPS) is 18.9. The van der Waals surface area contributed by atoms with Gasteiger partial charge >= 0.3 is 0 Å². The van der Waals surface area contributed by atoms with Crippen LogP contribution in [-0.4, -0.2) is 53.1 Å². The highest BCUT2D eigenvalue weighted by molar-refractivity contribution is 9.10. The summed E-state index contributed by atoms with van der Waals surface area (Å²) in [5.74, 6) is -0.159. The molecule has 0 aromatic carbocycles. The van der Waals surface area contributed by atoms with Crippen molar-refractivity contribution in [1.82, 2.24) is 9.80 Å². The van der Waals surface area contributed by atoms with Gasteiger partial charge in [-0.1, -0.05) is 0 Å². The zero-order valence-electron chi connectivity index (χ0n) is 10.3. The number of carbonyl (C=O) groups is 1. The number of hydrogen-bond acceptors (Lipinski definition) is 4. The zero-order valence-corrected chi connectivity index (χ0v) is 12.7. The first-order valence-corrected chi connectivity index (χ1v) is 7.65. The van der Waals surface area contributed by atoms with Crippen molar-refractivity contribution < 1.29 is 9.90 Å². The predicted molar refractivity (Wildman–Crippen MR) is 75.6 cm³/mol. The Morgan fingerprint density at radius 2 is 2.17 bits per heavy atom. The molecule has 1 aromatic heterocycles. The van der Waals surface area contributed by atoms with Gasteiger partial charge in [0.15, 0.2) is 0 Å². The molecule has 1 atom stereocenters. The quantitative estimate of drug-likeness (QED) is 0.913. The van der Waals surface area contributed by atoms with Crippen molar-refractivity contribution in [2.24, 2.45) is 0 Å². The van der Waals surface area contributed by atoms with Crippen LogP contribution in [-0.2, 0) is 11.3 Å². The number of rotatable bonds is 3. The second-order valence-electron chi connectivity index (χ2n) is 4.51. The van der Waals surface area contributed by atoms with Crippen LogP contribution >= 0.6 is 27.3 Å². The smallest absolute Gasteiger partial charge is 0.251 e. The van der Waals surface area contributed by atoms with Crippen molar-refractivity contribution >= 4 is 33.2 Å². The van der Waals surface area contributed by atoms with Crippen molar-refractivity contribution in [3.63, 3.8) is 0 Å². The molecule has 1 aliphatic rings. The third-order valence-corrected chi connectivity index (χ3v) is 4.72. The summed E-state index contributed by atoms with van der Waals surface area (Å²) in [6.45, 7) is 5.61. The Balaban J connectivity index is 1.82. The topological polar surface area (TPSA) is 43.8 Å². The van der Waals surface area contributed by atoms with Gasteiger partial charge in [0.05, 0.1) is 0 Å². The highest BCUT2D eigenvalue weighted by Crippen LogP contribution is 2.21. The van der Waals surface area contributed by atoms with E-state index in [1.807, 2.05) is 0 Å². The lowest BCUT2D eigenvalue weighted by atomic mass is 10.2. The van der Waals surface area contributed by atoms with Gasteiger partial charge in [-0.2, -0.15) is 0 Å². The predicted octanol–water partition coefficient (Wildman–Crippen LogP) is 1.54. The molecule has 1 amide bonds. The van der Waals surface area contributed by atoms with Crippen molar-refractivity contribution in [2.75, 3.05) is 26.2 Å². The summed E-state index contributed by atoms with van der Waals surface area (Å²) < 4.78 is 1.13. The molecule has 1 aliphatic heterocycles. The Kier molecular flexibility index (Phi) is 4.77. The molecular weight excluding hydrogens is 316 g/mol.